The standard InChI is InChI=1S/2Na.H14O37P12.2H/c;;1-38(2,3)27-40(7,8)29-42(11,12)31-44(15,16)33-46(19,20)35-48(23,24)37-49(25,26)36-47(21,22)34-45(17,18)32-43(13,14)30-41(9,10)28-39(4,5)6;;/h;;(H,7,8)(H,9,10)(H,11,12)(H,13,14)(H,15,16)(H,17,18)(H,19,20)(H,21,22)(H,23,24)(H,25,26)(H2,1,2,3)(H2,4,5,6);;. The Bertz CT molecular complexity index is 1680. The maximum absolute atomic E-state index is 11.8. The molecule has 0 aromatic rings. The van der Waals surface area contributed by atoms with E-state index in [0.717, 1.165) is 0 Å². The monoisotopic (exact) mass is 1030 g/mol. The number of hydrogen-bond acceptors (Lipinski definition) is 23. The van der Waals surface area contributed by atoms with Gasteiger partial charge in [-0.15, -0.1) is 0 Å². The summed E-state index contributed by atoms with van der Waals surface area (Å²) in [6.45, 7) is 0. The Labute approximate surface area is 321 Å². The molecule has 0 saturated carbocycles. The summed E-state index contributed by atoms with van der Waals surface area (Å²) in [6.07, 6.45) is 0. The van der Waals surface area contributed by atoms with E-state index in [9.17, 15) is 84.1 Å². The first-order chi connectivity index (χ1) is 20.8. The van der Waals surface area contributed by atoms with Crippen LogP contribution in [0, 0.1) is 0 Å². The fourth-order valence-electron chi connectivity index (χ4n) is 1.59. The Morgan fingerprint density at radius 3 is 0.353 bits per heavy atom. The van der Waals surface area contributed by atoms with E-state index in [0.29, 0.717) is 0 Å². The van der Waals surface area contributed by atoms with Gasteiger partial charge in [-0.05, 0) is 0 Å². The molecule has 51 heteroatoms. The van der Waals surface area contributed by atoms with Crippen LogP contribution in [0.4, 0.5) is 0 Å². The summed E-state index contributed by atoms with van der Waals surface area (Å²) in [5.74, 6) is 0. The van der Waals surface area contributed by atoms with Crippen molar-refractivity contribution in [2.24, 2.45) is 0 Å². The predicted molar refractivity (Wildman–Crippen MR) is 149 cm³/mol. The maximum atomic E-state index is 11.8. The summed E-state index contributed by atoms with van der Waals surface area (Å²) in [5, 5.41) is 0. The third-order valence-electron chi connectivity index (χ3n) is 2.28. The molecule has 0 bridgehead atoms. The summed E-state index contributed by atoms with van der Waals surface area (Å²) < 4.78 is 171. The zero-order chi connectivity index (χ0) is 39.8. The minimum absolute atomic E-state index is 0. The van der Waals surface area contributed by atoms with Crippen molar-refractivity contribution in [2.75, 3.05) is 0 Å². The average molecular weight is 1030 g/mol. The Morgan fingerprint density at radius 2 is 0.275 bits per heavy atom. The van der Waals surface area contributed by atoms with Crippen LogP contribution in [0.15, 0.2) is 0 Å². The van der Waals surface area contributed by atoms with Gasteiger partial charge in [-0.3, -0.25) is 0 Å². The van der Waals surface area contributed by atoms with Crippen molar-refractivity contribution >= 4 is 153 Å². The van der Waals surface area contributed by atoms with Crippen LogP contribution in [0.2, 0.25) is 0 Å². The SMILES string of the molecule is O=P(O)(O)OP(=O)(O)OP(=O)(O)OP(=O)(O)OP(=O)(O)OP(=O)(O)OP(=O)(O)OP(=O)(O)OP(=O)(O)OP(=O)(O)OP(=O)(O)OP(=O)(O)O.[NaH].[NaH]. The van der Waals surface area contributed by atoms with Crippen molar-refractivity contribution in [2.45, 2.75) is 0 Å². The molecule has 0 aromatic heterocycles. The van der Waals surface area contributed by atoms with Gasteiger partial charge in [0.1, 0.15) is 0 Å². The van der Waals surface area contributed by atoms with Gasteiger partial charge < -0.3 is 68.5 Å². The molecule has 0 rings (SSSR count). The molecule has 0 aliphatic rings. The summed E-state index contributed by atoms with van der Waals surface area (Å²) in [7, 11) is -79.5. The van der Waals surface area contributed by atoms with Crippen LogP contribution in [0.5, 0.6) is 0 Å². The van der Waals surface area contributed by atoms with Crippen LogP contribution < -0.4 is 0 Å². The summed E-state index contributed by atoms with van der Waals surface area (Å²) >= 11 is 0. The van der Waals surface area contributed by atoms with Gasteiger partial charge in [0.2, 0.25) is 0 Å². The Balaban J connectivity index is -0.0000115. The van der Waals surface area contributed by atoms with E-state index in [2.05, 4.69) is 47.4 Å². The molecule has 0 aromatic carbocycles. The number of phosphoric acid groups is 12. The number of hydrogen-bond donors (Lipinski definition) is 14. The van der Waals surface area contributed by atoms with Gasteiger partial charge in [0.05, 0.1) is 0 Å². The van der Waals surface area contributed by atoms with Crippen LogP contribution in [-0.2, 0) is 102 Å². The van der Waals surface area contributed by atoms with E-state index in [4.69, 9.17) is 39.1 Å². The minimum atomic E-state index is -6.95. The summed E-state index contributed by atoms with van der Waals surface area (Å²) in [4.78, 5) is 125. The predicted octanol–water partition coefficient (Wildman–Crippen LogP) is -0.939. The molecule has 10 atom stereocenters. The summed E-state index contributed by atoms with van der Waals surface area (Å²) in [6, 6.07) is 0. The van der Waals surface area contributed by atoms with E-state index in [1.54, 1.807) is 0 Å². The Hall–Kier alpha value is 3.76. The molecule has 0 aliphatic carbocycles. The molecule has 37 nitrogen and oxygen atoms in total. The zero-order valence-corrected chi connectivity index (χ0v) is 31.8. The number of rotatable bonds is 22. The van der Waals surface area contributed by atoms with E-state index in [-0.39, 0.29) is 59.1 Å². The van der Waals surface area contributed by atoms with Gasteiger partial charge in [0, 0.05) is 0 Å². The third kappa shape index (κ3) is 29.6. The molecule has 0 aliphatic heterocycles. The topological polar surface area (TPSA) is 590 Å². The third-order valence-corrected chi connectivity index (χ3v) is 20.5. The molecule has 0 fully saturated rings. The second-order valence-corrected chi connectivity index (χ2v) is 25.1. The molecule has 0 heterocycles. The van der Waals surface area contributed by atoms with Gasteiger partial charge in [-0.1, -0.05) is 0 Å². The van der Waals surface area contributed by atoms with Crippen molar-refractivity contribution < 1.29 is 171 Å². The average Bonchev–Trinajstić information content (AvgIpc) is 2.52. The summed E-state index contributed by atoms with van der Waals surface area (Å²) in [5.41, 5.74) is 0. The fourth-order valence-corrected chi connectivity index (χ4v) is 17.0. The fraction of sp³-hybridized carbons (Fsp3) is 0. The second-order valence-electron chi connectivity index (χ2n) is 6.56. The van der Waals surface area contributed by atoms with E-state index in [1.807, 2.05) is 0 Å². The molecular formula is H16Na2O37P12. The first kappa shape index (κ1) is 59.1. The van der Waals surface area contributed by atoms with Crippen LogP contribution in [0.3, 0.4) is 0 Å². The Morgan fingerprint density at radius 1 is 0.196 bits per heavy atom. The van der Waals surface area contributed by atoms with E-state index >= 15 is 0 Å². The van der Waals surface area contributed by atoms with Gasteiger partial charge in [-0.25, -0.2) is 54.8 Å². The molecule has 0 saturated heterocycles. The van der Waals surface area contributed by atoms with Crippen molar-refractivity contribution in [3.05, 3.63) is 0 Å². The van der Waals surface area contributed by atoms with Gasteiger partial charge in [-0.2, -0.15) is 47.4 Å². The first-order valence-electron chi connectivity index (χ1n) is 9.01. The first-order valence-corrected chi connectivity index (χ1v) is 27.0. The normalized spacial score (nSPS) is 24.6. The van der Waals surface area contributed by atoms with Gasteiger partial charge in [0.25, 0.3) is 0 Å². The van der Waals surface area contributed by atoms with E-state index in [1.165, 1.54) is 0 Å². The van der Waals surface area contributed by atoms with Crippen LogP contribution in [0.1, 0.15) is 0 Å². The van der Waals surface area contributed by atoms with Crippen LogP contribution >= 0.6 is 93.9 Å². The van der Waals surface area contributed by atoms with Crippen molar-refractivity contribution in [3.63, 3.8) is 0 Å². The molecule has 0 radical (unpaired) electrons. The quantitative estimate of drug-likeness (QED) is 0.0460. The van der Waals surface area contributed by atoms with Crippen LogP contribution in [-0.4, -0.2) is 128 Å². The molecule has 10 unspecified atom stereocenters. The molecule has 14 N–H and O–H groups in total. The van der Waals surface area contributed by atoms with Crippen molar-refractivity contribution in [1.29, 1.82) is 0 Å². The molecule has 300 valence electrons. The second kappa shape index (κ2) is 19.9. The molecule has 0 spiro atoms. The molecule has 51 heavy (non-hydrogen) atoms. The molecular weight excluding hydrogens is 1010 g/mol. The zero-order valence-electron chi connectivity index (χ0n) is 21.0. The van der Waals surface area contributed by atoms with Crippen LogP contribution in [0.25, 0.3) is 0 Å². The Kier molecular flexibility index (Phi) is 23.0. The van der Waals surface area contributed by atoms with Gasteiger partial charge >= 0.3 is 153 Å². The van der Waals surface area contributed by atoms with Gasteiger partial charge in [0.15, 0.2) is 0 Å². The molecule has 0 amide bonds. The van der Waals surface area contributed by atoms with Crippen molar-refractivity contribution in [3.8, 4) is 0 Å². The van der Waals surface area contributed by atoms with E-state index < -0.39 is 93.9 Å². The van der Waals surface area contributed by atoms with Crippen molar-refractivity contribution in [1.82, 2.24) is 0 Å².